The molecular weight excluding hydrogens is 1890 g/mol. The van der Waals surface area contributed by atoms with Gasteiger partial charge in [0.15, 0.2) is 22.6 Å². The lowest BCUT2D eigenvalue weighted by Crippen LogP contribution is -2.29. The van der Waals surface area contributed by atoms with Gasteiger partial charge in [-0.3, -0.25) is 37.9 Å². The number of H-pyrrole nitrogens is 1. The molecule has 14 heterocycles. The first-order valence-electron chi connectivity index (χ1n) is 44.0. The van der Waals surface area contributed by atoms with Crippen molar-refractivity contribution < 1.29 is 56.4 Å². The summed E-state index contributed by atoms with van der Waals surface area (Å²) < 4.78 is 45.6. The van der Waals surface area contributed by atoms with Crippen LogP contribution < -0.4 is 98.1 Å². The zero-order valence-corrected chi connectivity index (χ0v) is 82.6. The van der Waals surface area contributed by atoms with Crippen molar-refractivity contribution in [2.45, 2.75) is 83.1 Å². The fourth-order valence-corrected chi connectivity index (χ4v) is 17.7. The number of para-hydroxylation sites is 2. The summed E-state index contributed by atoms with van der Waals surface area (Å²) in [6, 6.07) is 50.8. The number of aromatic amines is 1. The minimum absolute atomic E-state index is 0. The van der Waals surface area contributed by atoms with Gasteiger partial charge in [-0.15, -0.1) is 0 Å². The molecule has 3 aromatic carbocycles. The number of benzene rings is 3. The second kappa shape index (κ2) is 49.8. The first-order chi connectivity index (χ1) is 66.6. The maximum Gasteiger partial charge on any atom is 0.413 e. The van der Waals surface area contributed by atoms with Gasteiger partial charge in [0.1, 0.15) is 68.3 Å². The monoisotopic (exact) mass is 2000 g/mol. The Kier molecular flexibility index (Phi) is 38.0. The first kappa shape index (κ1) is 107. The third-order valence-corrected chi connectivity index (χ3v) is 25.0. The molecule has 4 aliphatic heterocycles. The number of amides is 6. The molecule has 0 fully saturated rings. The van der Waals surface area contributed by atoms with E-state index in [9.17, 15) is 42.7 Å². The minimum Gasteiger partial charge on any atom is -0.497 e. The highest BCUT2D eigenvalue weighted by Gasteiger charge is 2.34. The molecule has 14 N–H and O–H groups in total. The maximum atomic E-state index is 12.7. The molecule has 37 nitrogen and oxygen atoms in total. The zero-order chi connectivity index (χ0) is 100. The molecule has 0 bridgehead atoms. The number of nitrogen functional groups attached to an aromatic ring is 2. The van der Waals surface area contributed by atoms with Crippen molar-refractivity contribution in [2.75, 3.05) is 142 Å². The van der Waals surface area contributed by atoms with Gasteiger partial charge in [0.25, 0.3) is 29.5 Å². The van der Waals surface area contributed by atoms with E-state index in [0.29, 0.717) is 195 Å². The van der Waals surface area contributed by atoms with Crippen LogP contribution in [0.1, 0.15) is 128 Å². The van der Waals surface area contributed by atoms with Crippen LogP contribution in [0.25, 0.3) is 0 Å². The van der Waals surface area contributed by atoms with Gasteiger partial charge >= 0.3 is 6.09 Å². The second-order valence-electron chi connectivity index (χ2n) is 31.2. The van der Waals surface area contributed by atoms with E-state index in [1.807, 2.05) is 112 Å². The van der Waals surface area contributed by atoms with Crippen molar-refractivity contribution in [3.8, 4) is 23.1 Å². The maximum absolute atomic E-state index is 12.7. The third kappa shape index (κ3) is 27.7. The Bertz CT molecular complexity index is 6640. The normalized spacial score (nSPS) is 12.8. The van der Waals surface area contributed by atoms with E-state index in [1.165, 1.54) is 6.07 Å². The molecular formula is C98H111Cl3N24O13P2. The van der Waals surface area contributed by atoms with Crippen molar-refractivity contribution in [3.63, 3.8) is 0 Å². The summed E-state index contributed by atoms with van der Waals surface area (Å²) in [5.41, 5.74) is 26.4. The lowest BCUT2D eigenvalue weighted by atomic mass is 10.2. The number of methoxy groups -OCH3 is 1. The highest BCUT2D eigenvalue weighted by molar-refractivity contribution is 7.58. The van der Waals surface area contributed by atoms with Gasteiger partial charge in [0, 0.05) is 120 Å². The number of carbonyl (C=O) groups excluding carboxylic acids is 6. The fourth-order valence-electron chi connectivity index (χ4n) is 14.4. The number of fused-ring (bicyclic) bond motifs is 8. The number of anilines is 16. The van der Waals surface area contributed by atoms with Crippen LogP contribution in [0, 0.1) is 34.6 Å². The summed E-state index contributed by atoms with van der Waals surface area (Å²) in [6.07, 6.45) is 8.68. The van der Waals surface area contributed by atoms with Gasteiger partial charge in [-0.05, 0) is 231 Å². The van der Waals surface area contributed by atoms with Gasteiger partial charge in [0.05, 0.1) is 63.4 Å². The molecule has 732 valence electrons. The zero-order valence-electron chi connectivity index (χ0n) is 78.6. The van der Waals surface area contributed by atoms with Crippen molar-refractivity contribution in [1.82, 2.24) is 55.2 Å². The minimum atomic E-state index is -2.86. The quantitative estimate of drug-likeness (QED) is 0.0146. The molecule has 6 amide bonds. The van der Waals surface area contributed by atoms with Gasteiger partial charge < -0.3 is 97.5 Å². The van der Waals surface area contributed by atoms with Crippen molar-refractivity contribution in [2.24, 2.45) is 5.73 Å². The van der Waals surface area contributed by atoms with Crippen LogP contribution in [0.2, 0.25) is 15.5 Å². The van der Waals surface area contributed by atoms with Crippen LogP contribution in [-0.2, 0) is 9.13 Å². The average molecular weight is 2000 g/mol. The van der Waals surface area contributed by atoms with E-state index in [-0.39, 0.29) is 65.3 Å². The second-order valence-corrected chi connectivity index (χ2v) is 37.6. The van der Waals surface area contributed by atoms with E-state index in [2.05, 4.69) is 87.1 Å². The van der Waals surface area contributed by atoms with Crippen LogP contribution in [-0.4, -0.2) is 164 Å². The number of hydrogen-bond acceptors (Lipinski definition) is 30. The van der Waals surface area contributed by atoms with Gasteiger partial charge in [-0.2, -0.15) is 4.98 Å². The number of halogens is 3. The molecule has 2 atom stereocenters. The molecule has 13 aromatic rings. The van der Waals surface area contributed by atoms with Crippen LogP contribution in [0.15, 0.2) is 212 Å². The van der Waals surface area contributed by atoms with Crippen molar-refractivity contribution in [3.05, 3.63) is 288 Å². The van der Waals surface area contributed by atoms with Gasteiger partial charge in [0.2, 0.25) is 26.2 Å². The molecule has 0 spiro atoms. The Hall–Kier alpha value is -15.1. The summed E-state index contributed by atoms with van der Waals surface area (Å²) in [7, 11) is -3.77. The lowest BCUT2D eigenvalue weighted by Gasteiger charge is -2.23. The Morgan fingerprint density at radius 2 is 0.886 bits per heavy atom. The molecule has 0 saturated carbocycles. The molecule has 17 rings (SSSR count). The van der Waals surface area contributed by atoms with Crippen molar-refractivity contribution >= 4 is 177 Å². The van der Waals surface area contributed by atoms with E-state index in [1.54, 1.807) is 198 Å². The number of pyridine rings is 10. The average Bonchev–Trinajstić information content (AvgIpc) is 1.64. The molecule has 0 radical (unpaired) electrons. The summed E-state index contributed by atoms with van der Waals surface area (Å²) >= 11 is 17.9. The van der Waals surface area contributed by atoms with E-state index < -0.39 is 20.8 Å². The summed E-state index contributed by atoms with van der Waals surface area (Å²) in [5, 5.41) is 20.8. The summed E-state index contributed by atoms with van der Waals surface area (Å²) in [4.78, 5) is 135. The predicted octanol–water partition coefficient (Wildman–Crippen LogP) is 19.7. The summed E-state index contributed by atoms with van der Waals surface area (Å²) in [6.45, 7) is 25.8. The Morgan fingerprint density at radius 1 is 0.464 bits per heavy atom. The molecule has 42 heteroatoms. The molecule has 0 aliphatic carbocycles. The van der Waals surface area contributed by atoms with Crippen molar-refractivity contribution in [1.29, 1.82) is 0 Å². The van der Waals surface area contributed by atoms with Gasteiger partial charge in [-0.25, -0.2) is 44.7 Å². The molecule has 4 aliphatic rings. The standard InChI is InChI=1S/C25H28N5O5P.C14H14Cl2N4O.C14H13ClN4O.C14H15N5O.C14H14N4O2.C9H14NO2P.C7H9NO.CH4/c1-4-30-22-19(12-8-13-26-22)24(31)29-21-17(2)16-20(28-23(21)30)34-25(32)27-14-9-15-36(3,33)35-18-10-6-5-7-11-18;1-3-17-13-9(5-4-6-18-13)14(21)20-11-8(2)7-10(15)19-12(11)16;2*1-3-19-12-9(5-4-6-16-12)14(20)18-11-8(2)7-10(15)17-13(11)19;1-3-18-12-9(5-4-6-15-12)14(20)17-11-8(2)7-10(19)16-13(11)18;1-13(11,8-7-10)12-9-5-3-2-4-6-9;1-9-7-4-2-6(8)3-5-7;/h5-8,10-13,16H,4,9,14-15H2,1-3H3,(H,27,32)(H,29,31);4-7H,3H2,1-2H3,(H,17,18)(H,20,21);4-7H,3H2,1-2H3,(H,18,20);4-7H,3H2,1-2H3,(H2,15,17)(H,18,20);4-7H,3H2,1-2H3,(H,16,19)(H,17,20);2-6H,7-8,10H2,1H3;2-5H,8H2,1H3;1H4. The Morgan fingerprint density at radius 3 is 1.36 bits per heavy atom. The molecule has 2 unspecified atom stereocenters. The molecule has 0 saturated heterocycles. The number of ether oxygens (including phenoxy) is 2. The first-order valence-corrected chi connectivity index (χ1v) is 49.6. The molecule has 10 aromatic heterocycles. The number of aromatic nitrogens is 10. The number of nitrogens with zero attached hydrogens (tertiary/aromatic N) is 13. The van der Waals surface area contributed by atoms with E-state index >= 15 is 0 Å². The largest absolute Gasteiger partial charge is 0.497 e. The van der Waals surface area contributed by atoms with Crippen LogP contribution >= 0.6 is 49.5 Å². The van der Waals surface area contributed by atoms with Crippen LogP contribution in [0.5, 0.6) is 23.1 Å². The Balaban J connectivity index is 0.000000174. The lowest BCUT2D eigenvalue weighted by molar-refractivity contribution is 0.101. The number of nitrogens with two attached hydrogens (primary N) is 3. The fraction of sp³-hybridized carbons (Fsp3) is 0.245. The SMILES string of the molecule is C.CCN1c2ncccc2C(=O)Nc2c(C)cc(=O)[nH]c21.CCN1c2ncccc2C(=O)Nc2c(C)cc(Cl)nc21.CCN1c2ncccc2C(=O)Nc2c(C)cc(N)nc21.CCN1c2ncccc2C(=O)Nc2c(C)cc(OC(=O)NCCCP(C)(=O)Oc3ccccc3)nc21.CCNc1ncccc1C(=O)Nc1c(C)cc(Cl)nc1Cl.COc1ccc(N)cc1.CP(=O)(CCN)Oc1ccccc1. The number of aryl methyl sites for hydroxylation is 5. The number of carbonyl (C=O) groups is 6. The van der Waals surface area contributed by atoms with Gasteiger partial charge in [-0.1, -0.05) is 78.6 Å². The van der Waals surface area contributed by atoms with E-state index in [4.69, 9.17) is 70.5 Å². The number of nitrogens with one attached hydrogen (secondary N) is 8. The van der Waals surface area contributed by atoms with Crippen LogP contribution in [0.3, 0.4) is 0 Å². The predicted molar refractivity (Wildman–Crippen MR) is 556 cm³/mol. The smallest absolute Gasteiger partial charge is 0.413 e. The topological polar surface area (TPSA) is 498 Å². The summed E-state index contributed by atoms with van der Waals surface area (Å²) in [5.74, 6) is 6.39. The van der Waals surface area contributed by atoms with E-state index in [0.717, 1.165) is 33.7 Å². The Labute approximate surface area is 825 Å². The van der Waals surface area contributed by atoms with Crippen LogP contribution in [0.4, 0.5) is 97.1 Å². The number of rotatable bonds is 20. The number of hydrogen-bond donors (Lipinski definition) is 11. The highest BCUT2D eigenvalue weighted by atomic mass is 35.5. The third-order valence-electron chi connectivity index (χ3n) is 20.9. The molecule has 140 heavy (non-hydrogen) atoms. The highest BCUT2D eigenvalue weighted by Crippen LogP contribution is 2.46.